The number of amides is 1. The molecule has 4 rings (SSSR count). The Morgan fingerprint density at radius 2 is 1.86 bits per heavy atom. The van der Waals surface area contributed by atoms with Crippen LogP contribution in [0.3, 0.4) is 0 Å². The summed E-state index contributed by atoms with van der Waals surface area (Å²) in [6, 6.07) is 15.4. The maximum Gasteiger partial charge on any atom is 0.263 e. The van der Waals surface area contributed by atoms with E-state index in [4.69, 9.17) is 15.4 Å². The van der Waals surface area contributed by atoms with Crippen molar-refractivity contribution >= 4 is 23.4 Å². The normalized spacial score (nSPS) is 10.3. The van der Waals surface area contributed by atoms with Crippen LogP contribution in [0.5, 0.6) is 0 Å². The minimum Gasteiger partial charge on any atom is -0.396 e. The predicted molar refractivity (Wildman–Crippen MR) is 134 cm³/mol. The number of nitrogens with zero attached hydrogens (tertiary/aromatic N) is 5. The molecule has 0 unspecified atom stereocenters. The van der Waals surface area contributed by atoms with Crippen molar-refractivity contribution in [2.24, 2.45) is 0 Å². The van der Waals surface area contributed by atoms with Crippen molar-refractivity contribution in [3.8, 4) is 11.5 Å². The molecule has 182 valence electrons. The van der Waals surface area contributed by atoms with E-state index in [1.165, 1.54) is 16.7 Å². The lowest BCUT2D eigenvalue weighted by atomic mass is 10.1. The fourth-order valence-electron chi connectivity index (χ4n) is 3.15. The van der Waals surface area contributed by atoms with Crippen molar-refractivity contribution in [3.05, 3.63) is 77.2 Å². The second kappa shape index (κ2) is 11.7. The Kier molecular flexibility index (Phi) is 8.47. The third kappa shape index (κ3) is 6.84. The fraction of sp³-hybridized carbons (Fsp3) is 0.240. The predicted octanol–water partition coefficient (Wildman–Crippen LogP) is 3.39. The van der Waals surface area contributed by atoms with Gasteiger partial charge in [-0.2, -0.15) is 9.97 Å². The lowest BCUT2D eigenvalue weighted by molar-refractivity contribution is 0.0827. The van der Waals surface area contributed by atoms with Crippen LogP contribution in [-0.4, -0.2) is 56.7 Å². The molecule has 1 amide bonds. The molecular weight excluding hydrogens is 446 g/mol. The Labute approximate surface area is 203 Å². The lowest BCUT2D eigenvalue weighted by Crippen LogP contribution is -2.22. The van der Waals surface area contributed by atoms with E-state index < -0.39 is 0 Å². The van der Waals surface area contributed by atoms with Crippen molar-refractivity contribution in [3.63, 3.8) is 0 Å². The topological polar surface area (TPSA) is 143 Å². The quantitative estimate of drug-likeness (QED) is 0.382. The first kappa shape index (κ1) is 25.3. The number of aliphatic hydroxyl groups is 1. The van der Waals surface area contributed by atoms with Crippen LogP contribution in [0.25, 0.3) is 11.5 Å². The Bertz CT molecular complexity index is 1270. The number of nitrogens with one attached hydrogen (secondary N) is 1. The highest BCUT2D eigenvalue weighted by atomic mass is 16.5. The molecule has 4 aromatic rings. The SMILES string of the molecule is Cc1noc(-c2cnc(Nc3ccc(C(=O)N(C)C)c(C)c3)nc2N)n1.OCCc1ccccc1. The standard InChI is InChI=1S/C17H19N7O2.C8H10O/c1-9-7-11(5-6-12(9)16(25)24(3)4)21-17-19-8-13(14(18)22-17)15-20-10(2)23-26-15;9-7-6-8-4-2-1-3-5-8/h5-8H,1-4H3,(H3,18,19,21,22);1-5,9H,6-7H2. The Hall–Kier alpha value is -4.31. The molecule has 4 N–H and O–H groups in total. The van der Waals surface area contributed by atoms with E-state index in [0.29, 0.717) is 22.9 Å². The van der Waals surface area contributed by atoms with Gasteiger partial charge in [0.1, 0.15) is 11.4 Å². The summed E-state index contributed by atoms with van der Waals surface area (Å²) in [5.74, 6) is 1.28. The minimum atomic E-state index is -0.0475. The maximum atomic E-state index is 12.1. The van der Waals surface area contributed by atoms with Gasteiger partial charge in [-0.3, -0.25) is 4.79 Å². The first-order valence-corrected chi connectivity index (χ1v) is 11.0. The molecule has 2 heterocycles. The summed E-state index contributed by atoms with van der Waals surface area (Å²) < 4.78 is 5.08. The Morgan fingerprint density at radius 3 is 2.43 bits per heavy atom. The van der Waals surface area contributed by atoms with Crippen molar-refractivity contribution in [1.29, 1.82) is 0 Å². The second-order valence-corrected chi connectivity index (χ2v) is 7.95. The average Bonchev–Trinajstić information content (AvgIpc) is 3.26. The van der Waals surface area contributed by atoms with Gasteiger partial charge in [-0.1, -0.05) is 35.5 Å². The van der Waals surface area contributed by atoms with E-state index in [1.807, 2.05) is 43.3 Å². The monoisotopic (exact) mass is 475 g/mol. The molecule has 2 aromatic carbocycles. The van der Waals surface area contributed by atoms with Gasteiger partial charge in [0.05, 0.1) is 0 Å². The summed E-state index contributed by atoms with van der Waals surface area (Å²) >= 11 is 0. The number of nitrogens with two attached hydrogens (primary N) is 1. The van der Waals surface area contributed by atoms with Crippen LogP contribution in [0.1, 0.15) is 27.3 Å². The molecule has 0 aliphatic carbocycles. The van der Waals surface area contributed by atoms with Gasteiger partial charge < -0.3 is 25.6 Å². The number of aliphatic hydroxyl groups excluding tert-OH is 1. The van der Waals surface area contributed by atoms with Crippen molar-refractivity contribution in [2.75, 3.05) is 31.8 Å². The van der Waals surface area contributed by atoms with Gasteiger partial charge in [0.2, 0.25) is 5.95 Å². The van der Waals surface area contributed by atoms with Crippen LogP contribution < -0.4 is 11.1 Å². The molecule has 0 aliphatic rings. The highest BCUT2D eigenvalue weighted by Crippen LogP contribution is 2.24. The third-order valence-corrected chi connectivity index (χ3v) is 4.94. The van der Waals surface area contributed by atoms with E-state index in [-0.39, 0.29) is 24.2 Å². The Morgan fingerprint density at radius 1 is 1.11 bits per heavy atom. The van der Waals surface area contributed by atoms with E-state index in [9.17, 15) is 4.79 Å². The number of nitrogen functional groups attached to an aromatic ring is 1. The first-order valence-electron chi connectivity index (χ1n) is 11.0. The van der Waals surface area contributed by atoms with Gasteiger partial charge in [-0.15, -0.1) is 0 Å². The molecule has 0 aliphatic heterocycles. The summed E-state index contributed by atoms with van der Waals surface area (Å²) in [7, 11) is 3.44. The van der Waals surface area contributed by atoms with Gasteiger partial charge in [-0.05, 0) is 49.6 Å². The fourth-order valence-corrected chi connectivity index (χ4v) is 3.15. The molecule has 0 fully saturated rings. The van der Waals surface area contributed by atoms with E-state index in [2.05, 4.69) is 25.4 Å². The van der Waals surface area contributed by atoms with Crippen LogP contribution in [0.2, 0.25) is 0 Å². The highest BCUT2D eigenvalue weighted by Gasteiger charge is 2.14. The van der Waals surface area contributed by atoms with E-state index >= 15 is 0 Å². The summed E-state index contributed by atoms with van der Waals surface area (Å²) in [5, 5.41) is 15.3. The minimum absolute atomic E-state index is 0.0475. The zero-order chi connectivity index (χ0) is 25.4. The number of hydrogen-bond acceptors (Lipinski definition) is 9. The summed E-state index contributed by atoms with van der Waals surface area (Å²) in [5.41, 5.74) is 9.88. The average molecular weight is 476 g/mol. The zero-order valence-electron chi connectivity index (χ0n) is 20.2. The van der Waals surface area contributed by atoms with Crippen LogP contribution in [0, 0.1) is 13.8 Å². The molecule has 0 radical (unpaired) electrons. The van der Waals surface area contributed by atoms with Crippen LogP contribution in [0.4, 0.5) is 17.5 Å². The van der Waals surface area contributed by atoms with Gasteiger partial charge in [0, 0.05) is 38.1 Å². The first-order chi connectivity index (χ1) is 16.8. The van der Waals surface area contributed by atoms with Crippen LogP contribution in [-0.2, 0) is 6.42 Å². The van der Waals surface area contributed by atoms with Crippen LogP contribution in [0.15, 0.2) is 59.3 Å². The Balaban J connectivity index is 0.000000320. The maximum absolute atomic E-state index is 12.1. The molecule has 0 spiro atoms. The smallest absolute Gasteiger partial charge is 0.263 e. The molecule has 0 bridgehead atoms. The van der Waals surface area contributed by atoms with Gasteiger partial charge in [0.25, 0.3) is 11.8 Å². The number of carbonyl (C=O) groups is 1. The molecular formula is C25H29N7O3. The molecule has 10 heteroatoms. The number of hydrogen-bond donors (Lipinski definition) is 3. The van der Waals surface area contributed by atoms with E-state index in [0.717, 1.165) is 17.7 Å². The van der Waals surface area contributed by atoms with Gasteiger partial charge in [0.15, 0.2) is 5.82 Å². The van der Waals surface area contributed by atoms with Crippen LogP contribution >= 0.6 is 0 Å². The van der Waals surface area contributed by atoms with Gasteiger partial charge >= 0.3 is 0 Å². The number of benzene rings is 2. The highest BCUT2D eigenvalue weighted by molar-refractivity contribution is 5.95. The number of aromatic nitrogens is 4. The summed E-state index contributed by atoms with van der Waals surface area (Å²) in [4.78, 5) is 26.2. The third-order valence-electron chi connectivity index (χ3n) is 4.94. The van der Waals surface area contributed by atoms with Gasteiger partial charge in [-0.25, -0.2) is 4.98 Å². The zero-order valence-corrected chi connectivity index (χ0v) is 20.2. The molecule has 0 saturated carbocycles. The molecule has 0 saturated heterocycles. The number of aryl methyl sites for hydroxylation is 2. The molecule has 2 aromatic heterocycles. The number of carbonyl (C=O) groups excluding carboxylic acids is 1. The van der Waals surface area contributed by atoms with Crippen molar-refractivity contribution in [1.82, 2.24) is 25.0 Å². The lowest BCUT2D eigenvalue weighted by Gasteiger charge is -2.14. The van der Waals surface area contributed by atoms with Crippen molar-refractivity contribution < 1.29 is 14.4 Å². The summed E-state index contributed by atoms with van der Waals surface area (Å²) in [6.07, 6.45) is 2.29. The number of anilines is 3. The largest absolute Gasteiger partial charge is 0.396 e. The summed E-state index contributed by atoms with van der Waals surface area (Å²) in [6.45, 7) is 3.83. The molecule has 0 atom stereocenters. The molecule has 10 nitrogen and oxygen atoms in total. The number of rotatable bonds is 6. The van der Waals surface area contributed by atoms with E-state index in [1.54, 1.807) is 33.2 Å². The van der Waals surface area contributed by atoms with Crippen molar-refractivity contribution in [2.45, 2.75) is 20.3 Å². The molecule has 35 heavy (non-hydrogen) atoms. The second-order valence-electron chi connectivity index (χ2n) is 7.95.